The molecule has 1 aromatic rings. The van der Waals surface area contributed by atoms with Crippen molar-refractivity contribution >= 4 is 11.9 Å². The Bertz CT molecular complexity index is 1890. The highest BCUT2D eigenvalue weighted by molar-refractivity contribution is 5.82. The quantitative estimate of drug-likeness (QED) is 0.0488. The first-order valence-electron chi connectivity index (χ1n) is 21.5. The molecule has 2 unspecified atom stereocenters. The van der Waals surface area contributed by atoms with Crippen molar-refractivity contribution < 1.29 is 84.0 Å². The molecular weight excluding hydrogens is 837 g/mol. The van der Waals surface area contributed by atoms with Gasteiger partial charge in [-0.3, -0.25) is 0 Å². The summed E-state index contributed by atoms with van der Waals surface area (Å²) in [4.78, 5) is 25.8. The first-order chi connectivity index (χ1) is 30.6. The number of esters is 2. The molecule has 0 amide bonds. The van der Waals surface area contributed by atoms with Crippen molar-refractivity contribution in [3.63, 3.8) is 0 Å². The van der Waals surface area contributed by atoms with E-state index in [4.69, 9.17) is 28.4 Å². The van der Waals surface area contributed by atoms with E-state index in [-0.39, 0.29) is 29.9 Å². The first kappa shape index (κ1) is 52.1. The first-order valence-corrected chi connectivity index (χ1v) is 21.5. The van der Waals surface area contributed by atoms with Gasteiger partial charge in [0.05, 0.1) is 31.0 Å². The molecule has 17 heteroatoms. The van der Waals surface area contributed by atoms with Gasteiger partial charge in [0, 0.05) is 18.2 Å². The molecule has 0 radical (unpaired) electrons. The van der Waals surface area contributed by atoms with Crippen molar-refractivity contribution in [3.8, 4) is 11.5 Å². The minimum Gasteiger partial charge on any atom is -0.508 e. The topological polar surface area (TPSA) is 272 Å². The van der Waals surface area contributed by atoms with E-state index in [2.05, 4.69) is 19.9 Å². The molecule has 0 bridgehead atoms. The third-order valence-corrected chi connectivity index (χ3v) is 11.2. The number of hydrogen-bond acceptors (Lipinski definition) is 17. The van der Waals surface area contributed by atoms with Crippen molar-refractivity contribution in [1.82, 2.24) is 0 Å². The van der Waals surface area contributed by atoms with Crippen LogP contribution in [-0.4, -0.2) is 138 Å². The highest BCUT2D eigenvalue weighted by Gasteiger charge is 2.63. The Morgan fingerprint density at radius 2 is 1.59 bits per heavy atom. The van der Waals surface area contributed by atoms with E-state index in [1.54, 1.807) is 31.2 Å². The Morgan fingerprint density at radius 3 is 2.31 bits per heavy atom. The Morgan fingerprint density at radius 1 is 0.875 bits per heavy atom. The Balaban J connectivity index is 1.51. The van der Waals surface area contributed by atoms with Gasteiger partial charge in [0.2, 0.25) is 5.79 Å². The predicted octanol–water partition coefficient (Wildman–Crippen LogP) is 2.81. The molecule has 0 aliphatic carbocycles. The molecule has 2 fully saturated rings. The Labute approximate surface area is 373 Å². The van der Waals surface area contributed by atoms with E-state index in [1.165, 1.54) is 30.4 Å². The maximum absolute atomic E-state index is 13.4. The monoisotopic (exact) mass is 900 g/mol. The van der Waals surface area contributed by atoms with Crippen LogP contribution in [0.5, 0.6) is 11.5 Å². The molecule has 13 atom stereocenters. The van der Waals surface area contributed by atoms with E-state index < -0.39 is 104 Å². The fourth-order valence-electron chi connectivity index (χ4n) is 7.09. The molecule has 0 saturated carbocycles. The third-order valence-electron chi connectivity index (χ3n) is 11.2. The molecule has 354 valence electrons. The molecule has 9 N–H and O–H groups in total. The fraction of sp³-hybridized carbons (Fsp3) is 0.532. The van der Waals surface area contributed by atoms with Gasteiger partial charge in [0.1, 0.15) is 54.7 Å². The number of hydrogen-bond donors (Lipinski definition) is 9. The van der Waals surface area contributed by atoms with Gasteiger partial charge in [-0.1, -0.05) is 94.0 Å². The van der Waals surface area contributed by atoms with Gasteiger partial charge in [-0.05, 0) is 55.7 Å². The largest absolute Gasteiger partial charge is 0.508 e. The second-order valence-corrected chi connectivity index (χ2v) is 16.0. The summed E-state index contributed by atoms with van der Waals surface area (Å²) in [5.74, 6) is -4.40. The number of ether oxygens (including phenoxy) is 6. The van der Waals surface area contributed by atoms with Crippen LogP contribution in [0.2, 0.25) is 0 Å². The van der Waals surface area contributed by atoms with Gasteiger partial charge < -0.3 is 74.4 Å². The lowest BCUT2D eigenvalue weighted by Crippen LogP contribution is -2.67. The van der Waals surface area contributed by atoms with Crippen molar-refractivity contribution in [3.05, 3.63) is 108 Å². The van der Waals surface area contributed by atoms with Gasteiger partial charge in [0.15, 0.2) is 18.5 Å². The zero-order valence-electron chi connectivity index (χ0n) is 36.5. The number of allylic oxidation sites excluding steroid dienone is 9. The molecule has 3 heterocycles. The van der Waals surface area contributed by atoms with Gasteiger partial charge in [-0.25, -0.2) is 9.59 Å². The van der Waals surface area contributed by atoms with Crippen LogP contribution in [0.15, 0.2) is 96.7 Å². The van der Waals surface area contributed by atoms with Crippen LogP contribution in [0, 0.1) is 5.92 Å². The summed E-state index contributed by atoms with van der Waals surface area (Å²) in [6, 6.07) is 2.25. The smallest absolute Gasteiger partial charge is 0.331 e. The zero-order chi connectivity index (χ0) is 47.0. The SMILES string of the molecule is CCC(O)/C=C/C=C\C=C\C(=O)OC[C@H]1O[C@@H](O[C@H]2[C@H](OC(=O)/C=C/C=C/C[C@H](O)/C(C)=C/C=C/CCC(C)CC)[C@@H](O)[C@@]3(OCc4cc(O)cc(O)c43)O[C@@H]2CO)[C@H](O)[C@@H](O)[C@H]1O. The number of aromatic hydroxyl groups is 2. The predicted molar refractivity (Wildman–Crippen MR) is 231 cm³/mol. The highest BCUT2D eigenvalue weighted by atomic mass is 16.8. The second-order valence-electron chi connectivity index (χ2n) is 16.0. The number of carbonyl (C=O) groups is 2. The molecule has 1 spiro atoms. The molecule has 4 rings (SSSR count). The van der Waals surface area contributed by atoms with E-state index in [9.17, 15) is 55.5 Å². The minimum atomic E-state index is -2.28. The fourth-order valence-corrected chi connectivity index (χ4v) is 7.09. The van der Waals surface area contributed by atoms with Crippen molar-refractivity contribution in [1.29, 1.82) is 0 Å². The molecule has 1 aromatic carbocycles. The lowest BCUT2D eigenvalue weighted by Gasteiger charge is -2.50. The van der Waals surface area contributed by atoms with Crippen LogP contribution >= 0.6 is 0 Å². The lowest BCUT2D eigenvalue weighted by atomic mass is 9.86. The van der Waals surface area contributed by atoms with Gasteiger partial charge >= 0.3 is 11.9 Å². The van der Waals surface area contributed by atoms with E-state index in [0.717, 1.165) is 43.1 Å². The molecule has 17 nitrogen and oxygen atoms in total. The third kappa shape index (κ3) is 14.0. The Kier molecular flexibility index (Phi) is 20.6. The van der Waals surface area contributed by atoms with Gasteiger partial charge in [-0.2, -0.15) is 0 Å². The normalized spacial score (nSPS) is 30.4. The standard InChI is InChI=1S/C47H64O17/c1-5-28(3)17-11-9-12-18-29(4)33(51)20-14-10-16-22-38(54)62-44-43(35(25-48)64-47(45(44)58)39-30(26-60-47)23-32(50)24-34(39)52)63-46-42(57)41(56)40(55)36(61-46)27-59-37(53)21-15-8-7-13-19-31(49)6-2/h7-10,12-16,18-19,21-24,28,31,33,35-36,40-46,48-52,55-58H,5-6,11,17,20,25-27H2,1-4H3/b8-7-,12-9+,14-10+,19-13+,21-15+,22-16+,29-18+/t28?,31?,33-,35+,36+,40-,41-,42+,43+,44-,45+,46-,47-/m0/s1. The van der Waals surface area contributed by atoms with E-state index >= 15 is 0 Å². The summed E-state index contributed by atoms with van der Waals surface area (Å²) < 4.78 is 34.6. The summed E-state index contributed by atoms with van der Waals surface area (Å²) in [6.07, 6.45) is 6.33. The number of aliphatic hydroxyl groups is 7. The summed E-state index contributed by atoms with van der Waals surface area (Å²) in [5, 5.41) is 96.3. The molecular formula is C47H64O17. The van der Waals surface area contributed by atoms with E-state index in [0.29, 0.717) is 12.3 Å². The molecule has 3 aliphatic rings. The van der Waals surface area contributed by atoms with Crippen molar-refractivity contribution in [2.75, 3.05) is 13.2 Å². The summed E-state index contributed by atoms with van der Waals surface area (Å²) >= 11 is 0. The van der Waals surface area contributed by atoms with Gasteiger partial charge in [0.25, 0.3) is 0 Å². The molecule has 2 saturated heterocycles. The van der Waals surface area contributed by atoms with Crippen LogP contribution in [0.25, 0.3) is 0 Å². The number of fused-ring (bicyclic) bond motifs is 2. The summed E-state index contributed by atoms with van der Waals surface area (Å²) in [6.45, 7) is 6.16. The number of benzene rings is 1. The second kappa shape index (κ2) is 25.3. The minimum absolute atomic E-state index is 0.121. The lowest BCUT2D eigenvalue weighted by molar-refractivity contribution is -0.395. The van der Waals surface area contributed by atoms with Crippen LogP contribution in [0.1, 0.15) is 70.9 Å². The number of carbonyl (C=O) groups excluding carboxylic acids is 2. The Hall–Kier alpha value is -4.50. The van der Waals surface area contributed by atoms with Crippen molar-refractivity contribution in [2.24, 2.45) is 5.92 Å². The number of phenols is 2. The summed E-state index contributed by atoms with van der Waals surface area (Å²) in [7, 11) is 0. The number of phenolic OH excluding ortho intramolecular Hbond substituents is 2. The van der Waals surface area contributed by atoms with Crippen LogP contribution in [-0.2, 0) is 50.4 Å². The van der Waals surface area contributed by atoms with Crippen LogP contribution in [0.3, 0.4) is 0 Å². The highest BCUT2D eigenvalue weighted by Crippen LogP contribution is 2.51. The molecule has 0 aromatic heterocycles. The molecule has 3 aliphatic heterocycles. The number of aliphatic hydroxyl groups excluding tert-OH is 7. The zero-order valence-corrected chi connectivity index (χ0v) is 36.5. The molecule has 64 heavy (non-hydrogen) atoms. The maximum Gasteiger partial charge on any atom is 0.331 e. The average Bonchev–Trinajstić information content (AvgIpc) is 3.64. The van der Waals surface area contributed by atoms with Crippen molar-refractivity contribution in [2.45, 2.75) is 140 Å². The average molecular weight is 901 g/mol. The van der Waals surface area contributed by atoms with Gasteiger partial charge in [-0.15, -0.1) is 0 Å². The van der Waals surface area contributed by atoms with Crippen LogP contribution < -0.4 is 0 Å². The van der Waals surface area contributed by atoms with E-state index in [1.807, 2.05) is 19.1 Å². The van der Waals surface area contributed by atoms with Crippen LogP contribution in [0.4, 0.5) is 0 Å². The number of rotatable bonds is 21. The summed E-state index contributed by atoms with van der Waals surface area (Å²) in [5.41, 5.74) is 0.834. The maximum atomic E-state index is 13.4.